The zero-order valence-electron chi connectivity index (χ0n) is 13.6. The molecule has 4 heteroatoms. The van der Waals surface area contributed by atoms with Crippen LogP contribution in [0, 0.1) is 0 Å². The highest BCUT2D eigenvalue weighted by Gasteiger charge is 2.25. The van der Waals surface area contributed by atoms with Gasteiger partial charge in [-0.25, -0.2) is 0 Å². The van der Waals surface area contributed by atoms with E-state index < -0.39 is 0 Å². The molecule has 120 valence electrons. The summed E-state index contributed by atoms with van der Waals surface area (Å²) in [6.45, 7) is 8.38. The maximum Gasteiger partial charge on any atom is 0.226 e. The molecule has 2 heterocycles. The molecule has 1 fully saturated rings. The van der Waals surface area contributed by atoms with Crippen molar-refractivity contribution in [2.45, 2.75) is 32.6 Å². The van der Waals surface area contributed by atoms with E-state index in [-0.39, 0.29) is 5.91 Å². The second-order valence-electron chi connectivity index (χ2n) is 6.28. The highest BCUT2D eigenvalue weighted by atomic mass is 16.2. The summed E-state index contributed by atoms with van der Waals surface area (Å²) in [4.78, 5) is 19.1. The number of likely N-dealkylation sites (tertiary alicyclic amines) is 1. The number of hydrogen-bond acceptors (Lipinski definition) is 3. The zero-order valence-corrected chi connectivity index (χ0v) is 13.6. The summed E-state index contributed by atoms with van der Waals surface area (Å²) in [5.74, 6) is 0.225. The van der Waals surface area contributed by atoms with E-state index in [1.807, 2.05) is 17.9 Å². The van der Waals surface area contributed by atoms with Crippen LogP contribution in [0.2, 0.25) is 0 Å². The molecule has 0 saturated carbocycles. The van der Waals surface area contributed by atoms with Gasteiger partial charge in [-0.15, -0.1) is 0 Å². The van der Waals surface area contributed by atoms with Crippen LogP contribution < -0.4 is 9.80 Å². The fraction of sp³-hybridized carbons (Fsp3) is 0.611. The molecule has 1 aromatic carbocycles. The predicted octanol–water partition coefficient (Wildman–Crippen LogP) is 2.74. The first kappa shape index (κ1) is 15.3. The monoisotopic (exact) mass is 301 g/mol. The highest BCUT2D eigenvalue weighted by molar-refractivity contribution is 5.97. The Labute approximate surface area is 133 Å². The lowest BCUT2D eigenvalue weighted by Gasteiger charge is -2.39. The van der Waals surface area contributed by atoms with Crippen LogP contribution in [0.1, 0.15) is 32.6 Å². The average Bonchev–Trinajstić information content (AvgIpc) is 2.60. The summed E-state index contributed by atoms with van der Waals surface area (Å²) in [5.41, 5.74) is 2.30. The van der Waals surface area contributed by atoms with E-state index in [1.54, 1.807) is 0 Å². The largest absolute Gasteiger partial charge is 0.367 e. The Balaban J connectivity index is 1.69. The third-order valence-electron chi connectivity index (χ3n) is 4.85. The van der Waals surface area contributed by atoms with E-state index in [1.165, 1.54) is 38.0 Å². The van der Waals surface area contributed by atoms with Crippen LogP contribution >= 0.6 is 0 Å². The highest BCUT2D eigenvalue weighted by Crippen LogP contribution is 2.33. The summed E-state index contributed by atoms with van der Waals surface area (Å²) in [7, 11) is 0. The number of amides is 1. The molecule has 0 radical (unpaired) electrons. The van der Waals surface area contributed by atoms with Crippen LogP contribution in [-0.4, -0.2) is 50.1 Å². The van der Waals surface area contributed by atoms with Crippen molar-refractivity contribution in [1.29, 1.82) is 0 Å². The van der Waals surface area contributed by atoms with Gasteiger partial charge < -0.3 is 14.7 Å². The third-order valence-corrected chi connectivity index (χ3v) is 4.85. The summed E-state index contributed by atoms with van der Waals surface area (Å²) < 4.78 is 0. The fourth-order valence-electron chi connectivity index (χ4n) is 3.55. The van der Waals surface area contributed by atoms with Crippen LogP contribution in [0.15, 0.2) is 24.3 Å². The normalized spacial score (nSPS) is 19.1. The molecule has 22 heavy (non-hydrogen) atoms. The molecule has 4 nitrogen and oxygen atoms in total. The lowest BCUT2D eigenvalue weighted by atomic mass is 10.1. The topological polar surface area (TPSA) is 26.8 Å². The summed E-state index contributed by atoms with van der Waals surface area (Å²) >= 11 is 0. The molecule has 3 rings (SSSR count). The molecule has 1 aromatic rings. The van der Waals surface area contributed by atoms with Gasteiger partial charge in [-0.05, 0) is 38.1 Å². The van der Waals surface area contributed by atoms with Crippen LogP contribution in [0.4, 0.5) is 11.4 Å². The lowest BCUT2D eigenvalue weighted by Crippen LogP contribution is -2.46. The molecule has 0 aromatic heterocycles. The fourth-order valence-corrected chi connectivity index (χ4v) is 3.55. The SMILES string of the molecule is CCC(=O)N1CCN(CCN2CCCCC2)c2ccccc21. The average molecular weight is 301 g/mol. The van der Waals surface area contributed by atoms with Gasteiger partial charge in [-0.3, -0.25) is 4.79 Å². The molecule has 0 unspecified atom stereocenters. The van der Waals surface area contributed by atoms with Crippen molar-refractivity contribution in [3.05, 3.63) is 24.3 Å². The van der Waals surface area contributed by atoms with Crippen LogP contribution in [-0.2, 0) is 4.79 Å². The maximum atomic E-state index is 12.1. The summed E-state index contributed by atoms with van der Waals surface area (Å²) in [5, 5.41) is 0. The van der Waals surface area contributed by atoms with Crippen LogP contribution in [0.25, 0.3) is 0 Å². The number of nitrogens with zero attached hydrogens (tertiary/aromatic N) is 3. The maximum absolute atomic E-state index is 12.1. The predicted molar refractivity (Wildman–Crippen MR) is 91.6 cm³/mol. The molecular formula is C18H27N3O. The standard InChI is InChI=1S/C18H27N3O/c1-2-18(22)21-15-14-20(16-8-4-5-9-17(16)21)13-12-19-10-6-3-7-11-19/h4-5,8-9H,2-3,6-7,10-15H2,1H3. The van der Waals surface area contributed by atoms with Crippen molar-refractivity contribution in [2.75, 3.05) is 49.1 Å². The molecule has 2 aliphatic rings. The smallest absolute Gasteiger partial charge is 0.226 e. The molecule has 0 atom stereocenters. The van der Waals surface area contributed by atoms with E-state index >= 15 is 0 Å². The van der Waals surface area contributed by atoms with Gasteiger partial charge in [0.05, 0.1) is 11.4 Å². The summed E-state index contributed by atoms with van der Waals surface area (Å²) in [6, 6.07) is 8.34. The molecule has 2 aliphatic heterocycles. The molecular weight excluding hydrogens is 274 g/mol. The molecule has 0 spiro atoms. The van der Waals surface area contributed by atoms with Crippen molar-refractivity contribution in [3.8, 4) is 0 Å². The first-order chi connectivity index (χ1) is 10.8. The number of anilines is 2. The van der Waals surface area contributed by atoms with E-state index in [9.17, 15) is 4.79 Å². The van der Waals surface area contributed by atoms with Gasteiger partial charge in [0.1, 0.15) is 0 Å². The van der Waals surface area contributed by atoms with E-state index in [0.717, 1.165) is 31.9 Å². The Hall–Kier alpha value is -1.55. The minimum atomic E-state index is 0.225. The van der Waals surface area contributed by atoms with Gasteiger partial charge in [0, 0.05) is 32.6 Å². The molecule has 0 N–H and O–H groups in total. The molecule has 1 saturated heterocycles. The summed E-state index contributed by atoms with van der Waals surface area (Å²) in [6.07, 6.45) is 4.64. The van der Waals surface area contributed by atoms with Crippen molar-refractivity contribution < 1.29 is 4.79 Å². The van der Waals surface area contributed by atoms with Crippen molar-refractivity contribution in [2.24, 2.45) is 0 Å². The van der Waals surface area contributed by atoms with E-state index in [0.29, 0.717) is 6.42 Å². The first-order valence-corrected chi connectivity index (χ1v) is 8.66. The first-order valence-electron chi connectivity index (χ1n) is 8.66. The van der Waals surface area contributed by atoms with Gasteiger partial charge in [-0.2, -0.15) is 0 Å². The van der Waals surface area contributed by atoms with Crippen molar-refractivity contribution >= 4 is 17.3 Å². The minimum absolute atomic E-state index is 0.225. The number of carbonyl (C=O) groups excluding carboxylic acids is 1. The number of fused-ring (bicyclic) bond motifs is 1. The molecule has 0 bridgehead atoms. The molecule has 1 amide bonds. The van der Waals surface area contributed by atoms with Crippen molar-refractivity contribution in [3.63, 3.8) is 0 Å². The second-order valence-corrected chi connectivity index (χ2v) is 6.28. The van der Waals surface area contributed by atoms with Gasteiger partial charge in [0.25, 0.3) is 0 Å². The Bertz CT molecular complexity index is 511. The Morgan fingerprint density at radius 1 is 0.955 bits per heavy atom. The van der Waals surface area contributed by atoms with Crippen molar-refractivity contribution in [1.82, 2.24) is 4.90 Å². The number of carbonyl (C=O) groups is 1. The number of benzene rings is 1. The van der Waals surface area contributed by atoms with Gasteiger partial charge in [0.2, 0.25) is 5.91 Å². The van der Waals surface area contributed by atoms with E-state index in [2.05, 4.69) is 28.0 Å². The third kappa shape index (κ3) is 3.27. The van der Waals surface area contributed by atoms with Gasteiger partial charge in [0.15, 0.2) is 0 Å². The second kappa shape index (κ2) is 7.14. The quantitative estimate of drug-likeness (QED) is 0.855. The number of para-hydroxylation sites is 2. The number of hydrogen-bond donors (Lipinski definition) is 0. The van der Waals surface area contributed by atoms with E-state index in [4.69, 9.17) is 0 Å². The van der Waals surface area contributed by atoms with Gasteiger partial charge >= 0.3 is 0 Å². The number of rotatable bonds is 4. The minimum Gasteiger partial charge on any atom is -0.367 e. The molecule has 0 aliphatic carbocycles. The van der Waals surface area contributed by atoms with Crippen LogP contribution in [0.3, 0.4) is 0 Å². The Morgan fingerprint density at radius 2 is 1.68 bits per heavy atom. The Morgan fingerprint density at radius 3 is 2.41 bits per heavy atom. The Kier molecular flexibility index (Phi) is 4.98. The zero-order chi connectivity index (χ0) is 15.4. The number of piperidine rings is 1. The van der Waals surface area contributed by atoms with Crippen LogP contribution in [0.5, 0.6) is 0 Å². The van der Waals surface area contributed by atoms with Gasteiger partial charge in [-0.1, -0.05) is 25.5 Å². The lowest BCUT2D eigenvalue weighted by molar-refractivity contribution is -0.118.